The number of nitrogens with one attached hydrogen (secondary N) is 1. The summed E-state index contributed by atoms with van der Waals surface area (Å²) in [6.45, 7) is 0.0735. The molecule has 1 aromatic rings. The van der Waals surface area contributed by atoms with Crippen molar-refractivity contribution in [2.75, 3.05) is 6.54 Å². The van der Waals surface area contributed by atoms with Gasteiger partial charge in [-0.3, -0.25) is 14.9 Å². The molecule has 0 heterocycles. The summed E-state index contributed by atoms with van der Waals surface area (Å²) in [6, 6.07) is 3.72. The van der Waals surface area contributed by atoms with Crippen molar-refractivity contribution in [1.82, 2.24) is 5.32 Å². The molecule has 0 saturated heterocycles. The molecule has 1 N–H and O–H groups in total. The van der Waals surface area contributed by atoms with E-state index in [1.807, 2.05) is 0 Å². The highest BCUT2D eigenvalue weighted by Gasteiger charge is 2.25. The number of rotatable bonds is 6. The quantitative estimate of drug-likeness (QED) is 0.471. The maximum Gasteiger partial charge on any atom is 0.389 e. The molecular weight excluding hydrogens is 357 g/mol. The zero-order chi connectivity index (χ0) is 16.0. The van der Waals surface area contributed by atoms with Gasteiger partial charge in [-0.1, -0.05) is 0 Å². The number of hydrogen-bond donors (Lipinski definition) is 1. The number of benzene rings is 1. The zero-order valence-corrected chi connectivity index (χ0v) is 12.3. The molecule has 5 nitrogen and oxygen atoms in total. The van der Waals surface area contributed by atoms with Gasteiger partial charge in [-0.05, 0) is 34.8 Å². The molecule has 21 heavy (non-hydrogen) atoms. The number of carbonyl (C=O) groups excluding carboxylic acids is 1. The number of unbranched alkanes of at least 4 members (excludes halogenated alkanes) is 1. The molecule has 0 aromatic heterocycles. The van der Waals surface area contributed by atoms with Gasteiger partial charge < -0.3 is 5.32 Å². The number of alkyl halides is 3. The summed E-state index contributed by atoms with van der Waals surface area (Å²) < 4.78 is 36.1. The molecule has 1 amide bonds. The average Bonchev–Trinajstić information content (AvgIpc) is 2.36. The highest BCUT2D eigenvalue weighted by molar-refractivity contribution is 9.10. The molecule has 0 radical (unpaired) electrons. The molecule has 0 unspecified atom stereocenters. The molecule has 0 bridgehead atoms. The predicted molar refractivity (Wildman–Crippen MR) is 73.0 cm³/mol. The average molecular weight is 369 g/mol. The third-order valence-electron chi connectivity index (χ3n) is 2.58. The Morgan fingerprint density at radius 3 is 2.57 bits per heavy atom. The van der Waals surface area contributed by atoms with Crippen LogP contribution in [0, 0.1) is 10.1 Å². The number of carbonyl (C=O) groups is 1. The van der Waals surface area contributed by atoms with Crippen LogP contribution in [0.5, 0.6) is 0 Å². The van der Waals surface area contributed by atoms with Crippen molar-refractivity contribution < 1.29 is 22.9 Å². The Balaban J connectivity index is 2.52. The van der Waals surface area contributed by atoms with E-state index in [2.05, 4.69) is 21.2 Å². The van der Waals surface area contributed by atoms with Gasteiger partial charge in [-0.25, -0.2) is 0 Å². The van der Waals surface area contributed by atoms with Crippen molar-refractivity contribution in [3.05, 3.63) is 38.3 Å². The second kappa shape index (κ2) is 7.39. The lowest BCUT2D eigenvalue weighted by atomic mass is 10.2. The van der Waals surface area contributed by atoms with Gasteiger partial charge in [0.15, 0.2) is 0 Å². The Bertz CT molecular complexity index is 535. The molecular formula is C12H12BrF3N2O3. The van der Waals surface area contributed by atoms with E-state index in [0.717, 1.165) is 6.07 Å². The molecule has 0 aliphatic rings. The maximum absolute atomic E-state index is 11.9. The van der Waals surface area contributed by atoms with Crippen LogP contribution < -0.4 is 5.32 Å². The molecule has 0 aliphatic heterocycles. The van der Waals surface area contributed by atoms with Crippen molar-refractivity contribution in [2.45, 2.75) is 25.4 Å². The number of nitro benzene ring substituents is 1. The van der Waals surface area contributed by atoms with Crippen molar-refractivity contribution in [2.24, 2.45) is 0 Å². The van der Waals surface area contributed by atoms with E-state index < -0.39 is 23.4 Å². The van der Waals surface area contributed by atoms with Crippen LogP contribution in [0.3, 0.4) is 0 Å². The molecule has 9 heteroatoms. The zero-order valence-electron chi connectivity index (χ0n) is 10.7. The lowest BCUT2D eigenvalue weighted by molar-refractivity contribution is -0.384. The molecule has 0 saturated carbocycles. The van der Waals surface area contributed by atoms with E-state index >= 15 is 0 Å². The van der Waals surface area contributed by atoms with Gasteiger partial charge in [-0.15, -0.1) is 0 Å². The van der Waals surface area contributed by atoms with Gasteiger partial charge in [0.1, 0.15) is 0 Å². The Kier molecular flexibility index (Phi) is 6.13. The first-order chi connectivity index (χ1) is 9.70. The van der Waals surface area contributed by atoms with E-state index in [-0.39, 0.29) is 30.6 Å². The number of non-ortho nitro benzene ring substituents is 1. The maximum atomic E-state index is 11.9. The Morgan fingerprint density at radius 2 is 2.00 bits per heavy atom. The van der Waals surface area contributed by atoms with E-state index in [1.54, 1.807) is 0 Å². The van der Waals surface area contributed by atoms with Crippen molar-refractivity contribution in [3.8, 4) is 0 Å². The number of nitrogens with zero attached hydrogens (tertiary/aromatic N) is 1. The molecule has 1 aromatic carbocycles. The molecule has 0 spiro atoms. The van der Waals surface area contributed by atoms with Crippen molar-refractivity contribution in [1.29, 1.82) is 0 Å². The summed E-state index contributed by atoms with van der Waals surface area (Å²) in [7, 11) is 0. The van der Waals surface area contributed by atoms with Crippen LogP contribution in [0.15, 0.2) is 22.7 Å². The van der Waals surface area contributed by atoms with Crippen LogP contribution >= 0.6 is 15.9 Å². The van der Waals surface area contributed by atoms with Crippen molar-refractivity contribution >= 4 is 27.5 Å². The van der Waals surface area contributed by atoms with E-state index in [4.69, 9.17) is 0 Å². The van der Waals surface area contributed by atoms with Gasteiger partial charge >= 0.3 is 6.18 Å². The first-order valence-electron chi connectivity index (χ1n) is 5.99. The van der Waals surface area contributed by atoms with Crippen LogP contribution in [-0.4, -0.2) is 23.6 Å². The van der Waals surface area contributed by atoms with Crippen LogP contribution in [0.4, 0.5) is 18.9 Å². The van der Waals surface area contributed by atoms with Gasteiger partial charge in [0.05, 0.1) is 10.5 Å². The van der Waals surface area contributed by atoms with Crippen LogP contribution in [0.1, 0.15) is 29.6 Å². The normalized spacial score (nSPS) is 11.2. The minimum atomic E-state index is -4.20. The number of hydrogen-bond acceptors (Lipinski definition) is 3. The fraction of sp³-hybridized carbons (Fsp3) is 0.417. The van der Waals surface area contributed by atoms with E-state index in [1.165, 1.54) is 12.1 Å². The lowest BCUT2D eigenvalue weighted by Gasteiger charge is -2.08. The third kappa shape index (κ3) is 6.11. The fourth-order valence-electron chi connectivity index (χ4n) is 1.55. The Hall–Kier alpha value is -1.64. The summed E-state index contributed by atoms with van der Waals surface area (Å²) in [4.78, 5) is 21.8. The highest BCUT2D eigenvalue weighted by Crippen LogP contribution is 2.23. The van der Waals surface area contributed by atoms with Crippen LogP contribution in [0.2, 0.25) is 0 Å². The summed E-state index contributed by atoms with van der Waals surface area (Å²) >= 11 is 3.10. The summed E-state index contributed by atoms with van der Waals surface area (Å²) in [6.07, 6.45) is -5.01. The summed E-state index contributed by atoms with van der Waals surface area (Å²) in [5, 5.41) is 13.1. The number of halogens is 4. The standard InChI is InChI=1S/C12H12BrF3N2O3/c13-10-4-3-8(18(20)21)7-9(10)11(19)17-6-2-1-5-12(14,15)16/h3-4,7H,1-2,5-6H2,(H,17,19). The van der Waals surface area contributed by atoms with E-state index in [9.17, 15) is 28.1 Å². The molecule has 1 rings (SSSR count). The highest BCUT2D eigenvalue weighted by atomic mass is 79.9. The van der Waals surface area contributed by atoms with Crippen molar-refractivity contribution in [3.63, 3.8) is 0 Å². The van der Waals surface area contributed by atoms with E-state index in [0.29, 0.717) is 4.47 Å². The lowest BCUT2D eigenvalue weighted by Crippen LogP contribution is -2.25. The molecule has 116 valence electrons. The fourth-order valence-corrected chi connectivity index (χ4v) is 1.98. The molecule has 0 atom stereocenters. The van der Waals surface area contributed by atoms with Gasteiger partial charge in [0.2, 0.25) is 0 Å². The largest absolute Gasteiger partial charge is 0.389 e. The summed E-state index contributed by atoms with van der Waals surface area (Å²) in [5.74, 6) is -0.572. The van der Waals surface area contributed by atoms with Gasteiger partial charge in [0.25, 0.3) is 11.6 Å². The second-order valence-electron chi connectivity index (χ2n) is 4.25. The SMILES string of the molecule is O=C(NCCCCC(F)(F)F)c1cc([N+](=O)[O-])ccc1Br. The first kappa shape index (κ1) is 17.4. The number of amides is 1. The Labute approximate surface area is 126 Å². The predicted octanol–water partition coefficient (Wildman–Crippen LogP) is 3.82. The number of nitro groups is 1. The monoisotopic (exact) mass is 368 g/mol. The van der Waals surface area contributed by atoms with Crippen LogP contribution in [0.25, 0.3) is 0 Å². The van der Waals surface area contributed by atoms with Gasteiger partial charge in [0, 0.05) is 29.6 Å². The molecule has 0 fully saturated rings. The third-order valence-corrected chi connectivity index (χ3v) is 3.27. The molecule has 0 aliphatic carbocycles. The Morgan fingerprint density at radius 1 is 1.33 bits per heavy atom. The minimum Gasteiger partial charge on any atom is -0.352 e. The second-order valence-corrected chi connectivity index (χ2v) is 5.10. The smallest absolute Gasteiger partial charge is 0.352 e. The summed E-state index contributed by atoms with van der Waals surface area (Å²) in [5.41, 5.74) is -0.166. The topological polar surface area (TPSA) is 72.2 Å². The van der Waals surface area contributed by atoms with Crippen LogP contribution in [-0.2, 0) is 0 Å². The van der Waals surface area contributed by atoms with Gasteiger partial charge in [-0.2, -0.15) is 13.2 Å². The first-order valence-corrected chi connectivity index (χ1v) is 6.79. The minimum absolute atomic E-state index is 0.0695.